The predicted octanol–water partition coefficient (Wildman–Crippen LogP) is 3.23. The van der Waals surface area contributed by atoms with Gasteiger partial charge in [-0.3, -0.25) is 0 Å². The molecule has 1 rings (SSSR count). The first-order valence-electron chi connectivity index (χ1n) is 4.96. The van der Waals surface area contributed by atoms with E-state index in [1.165, 1.54) is 5.56 Å². The topological polar surface area (TPSA) is 21.3 Å². The molecule has 0 bridgehead atoms. The van der Waals surface area contributed by atoms with Gasteiger partial charge in [-0.1, -0.05) is 17.7 Å². The summed E-state index contributed by atoms with van der Waals surface area (Å²) in [4.78, 5) is 0. The van der Waals surface area contributed by atoms with E-state index < -0.39 is 0 Å². The van der Waals surface area contributed by atoms with E-state index in [0.717, 1.165) is 35.8 Å². The van der Waals surface area contributed by atoms with Gasteiger partial charge in [0.05, 0.1) is 11.6 Å². The van der Waals surface area contributed by atoms with Gasteiger partial charge in [-0.25, -0.2) is 0 Å². The van der Waals surface area contributed by atoms with Gasteiger partial charge in [0.25, 0.3) is 0 Å². The third-order valence-electron chi connectivity index (χ3n) is 1.94. The second kappa shape index (κ2) is 7.23. The Labute approximate surface area is 104 Å². The highest BCUT2D eigenvalue weighted by atomic mass is 79.9. The number of hydrogen-bond acceptors (Lipinski definition) is 2. The Bertz CT molecular complexity index is 307. The van der Waals surface area contributed by atoms with Crippen LogP contribution in [0.3, 0.4) is 0 Å². The van der Waals surface area contributed by atoms with Crippen LogP contribution in [0.4, 0.5) is 0 Å². The highest BCUT2D eigenvalue weighted by Crippen LogP contribution is 2.22. The van der Waals surface area contributed by atoms with Gasteiger partial charge in [0.15, 0.2) is 0 Å². The van der Waals surface area contributed by atoms with E-state index in [-0.39, 0.29) is 0 Å². The molecule has 84 valence electrons. The van der Waals surface area contributed by atoms with E-state index in [1.807, 2.05) is 25.1 Å². The standard InChI is InChI=1S/C11H15BrClNO/c1-2-15-6-5-14-8-9-3-4-11(13)10(12)7-9/h3-4,7,14H,2,5-6,8H2,1H3. The Kier molecular flexibility index (Phi) is 6.25. The summed E-state index contributed by atoms with van der Waals surface area (Å²) < 4.78 is 6.16. The third-order valence-corrected chi connectivity index (χ3v) is 3.15. The summed E-state index contributed by atoms with van der Waals surface area (Å²) in [6.07, 6.45) is 0. The molecule has 0 saturated heterocycles. The zero-order valence-electron chi connectivity index (χ0n) is 8.72. The third kappa shape index (κ3) is 4.98. The first-order chi connectivity index (χ1) is 7.24. The fourth-order valence-corrected chi connectivity index (χ4v) is 1.71. The first kappa shape index (κ1) is 13.0. The van der Waals surface area contributed by atoms with E-state index >= 15 is 0 Å². The monoisotopic (exact) mass is 291 g/mol. The number of nitrogens with one attached hydrogen (secondary N) is 1. The zero-order chi connectivity index (χ0) is 11.1. The van der Waals surface area contributed by atoms with E-state index in [4.69, 9.17) is 16.3 Å². The predicted molar refractivity (Wildman–Crippen MR) is 67.4 cm³/mol. The summed E-state index contributed by atoms with van der Waals surface area (Å²) in [6.45, 7) is 5.23. The lowest BCUT2D eigenvalue weighted by molar-refractivity contribution is 0.149. The van der Waals surface area contributed by atoms with Gasteiger partial charge >= 0.3 is 0 Å². The molecule has 0 saturated carbocycles. The molecular formula is C11H15BrClNO. The van der Waals surface area contributed by atoms with Crippen molar-refractivity contribution in [3.63, 3.8) is 0 Å². The summed E-state index contributed by atoms with van der Waals surface area (Å²) in [5.41, 5.74) is 1.21. The van der Waals surface area contributed by atoms with Crippen LogP contribution in [0.2, 0.25) is 5.02 Å². The molecule has 2 nitrogen and oxygen atoms in total. The minimum Gasteiger partial charge on any atom is -0.380 e. The smallest absolute Gasteiger partial charge is 0.0590 e. The van der Waals surface area contributed by atoms with Gasteiger partial charge < -0.3 is 10.1 Å². The Morgan fingerprint density at radius 1 is 1.47 bits per heavy atom. The maximum Gasteiger partial charge on any atom is 0.0590 e. The van der Waals surface area contributed by atoms with Crippen molar-refractivity contribution in [3.05, 3.63) is 33.3 Å². The molecule has 0 amide bonds. The van der Waals surface area contributed by atoms with Gasteiger partial charge in [-0.2, -0.15) is 0 Å². The van der Waals surface area contributed by atoms with Crippen LogP contribution in [0, 0.1) is 0 Å². The maximum atomic E-state index is 5.90. The molecule has 0 spiro atoms. The maximum absolute atomic E-state index is 5.90. The number of halogens is 2. The van der Waals surface area contributed by atoms with Crippen molar-refractivity contribution in [2.75, 3.05) is 19.8 Å². The van der Waals surface area contributed by atoms with Gasteiger partial charge in [0, 0.05) is 24.2 Å². The molecule has 4 heteroatoms. The second-order valence-electron chi connectivity index (χ2n) is 3.12. The second-order valence-corrected chi connectivity index (χ2v) is 4.38. The van der Waals surface area contributed by atoms with Crippen molar-refractivity contribution in [1.82, 2.24) is 5.32 Å². The van der Waals surface area contributed by atoms with Crippen molar-refractivity contribution >= 4 is 27.5 Å². The first-order valence-corrected chi connectivity index (χ1v) is 6.13. The molecule has 0 unspecified atom stereocenters. The van der Waals surface area contributed by atoms with Crippen molar-refractivity contribution in [2.45, 2.75) is 13.5 Å². The minimum atomic E-state index is 0.744. The van der Waals surface area contributed by atoms with Crippen molar-refractivity contribution in [3.8, 4) is 0 Å². The van der Waals surface area contributed by atoms with Crippen LogP contribution in [0.15, 0.2) is 22.7 Å². The molecule has 0 aliphatic carbocycles. The quantitative estimate of drug-likeness (QED) is 0.813. The summed E-state index contributed by atoms with van der Waals surface area (Å²) in [5, 5.41) is 4.04. The largest absolute Gasteiger partial charge is 0.380 e. The average Bonchev–Trinajstić information content (AvgIpc) is 2.23. The van der Waals surface area contributed by atoms with Crippen molar-refractivity contribution in [2.24, 2.45) is 0 Å². The van der Waals surface area contributed by atoms with Crippen molar-refractivity contribution in [1.29, 1.82) is 0 Å². The molecular weight excluding hydrogens is 277 g/mol. The molecule has 15 heavy (non-hydrogen) atoms. The van der Waals surface area contributed by atoms with Gasteiger partial charge in [0.1, 0.15) is 0 Å². The lowest BCUT2D eigenvalue weighted by Crippen LogP contribution is -2.19. The number of rotatable bonds is 6. The molecule has 0 radical (unpaired) electrons. The van der Waals surface area contributed by atoms with Gasteiger partial charge in [-0.15, -0.1) is 0 Å². The molecule has 0 atom stereocenters. The van der Waals surface area contributed by atoms with Crippen LogP contribution >= 0.6 is 27.5 Å². The lowest BCUT2D eigenvalue weighted by atomic mass is 10.2. The van der Waals surface area contributed by atoms with E-state index in [9.17, 15) is 0 Å². The average molecular weight is 293 g/mol. The molecule has 1 aromatic carbocycles. The summed E-state index contributed by atoms with van der Waals surface area (Å²) in [5.74, 6) is 0. The Balaban J connectivity index is 2.28. The molecule has 0 fully saturated rings. The molecule has 0 heterocycles. The van der Waals surface area contributed by atoms with Crippen LogP contribution in [0.5, 0.6) is 0 Å². The van der Waals surface area contributed by atoms with E-state index in [1.54, 1.807) is 0 Å². The van der Waals surface area contributed by atoms with Crippen LogP contribution < -0.4 is 5.32 Å². The summed E-state index contributed by atoms with van der Waals surface area (Å²) in [7, 11) is 0. The number of benzene rings is 1. The molecule has 0 aliphatic heterocycles. The Morgan fingerprint density at radius 2 is 2.27 bits per heavy atom. The molecule has 0 aliphatic rings. The fraction of sp³-hybridized carbons (Fsp3) is 0.455. The van der Waals surface area contributed by atoms with E-state index in [2.05, 4.69) is 21.2 Å². The zero-order valence-corrected chi connectivity index (χ0v) is 11.1. The SMILES string of the molecule is CCOCCNCc1ccc(Cl)c(Br)c1. The number of hydrogen-bond donors (Lipinski definition) is 1. The lowest BCUT2D eigenvalue weighted by Gasteiger charge is -2.06. The van der Waals surface area contributed by atoms with Crippen LogP contribution in [-0.2, 0) is 11.3 Å². The van der Waals surface area contributed by atoms with Gasteiger partial charge in [-0.05, 0) is 40.5 Å². The highest BCUT2D eigenvalue weighted by molar-refractivity contribution is 9.10. The van der Waals surface area contributed by atoms with Gasteiger partial charge in [0.2, 0.25) is 0 Å². The molecule has 0 aromatic heterocycles. The molecule has 1 N–H and O–H groups in total. The van der Waals surface area contributed by atoms with Crippen LogP contribution in [-0.4, -0.2) is 19.8 Å². The summed E-state index contributed by atoms with van der Waals surface area (Å²) >= 11 is 9.29. The van der Waals surface area contributed by atoms with E-state index in [0.29, 0.717) is 0 Å². The highest BCUT2D eigenvalue weighted by Gasteiger charge is 1.98. The van der Waals surface area contributed by atoms with Crippen molar-refractivity contribution < 1.29 is 4.74 Å². The normalized spacial score (nSPS) is 10.6. The minimum absolute atomic E-state index is 0.744. The Hall–Kier alpha value is -0.0900. The fourth-order valence-electron chi connectivity index (χ4n) is 1.17. The van der Waals surface area contributed by atoms with Crippen LogP contribution in [0.25, 0.3) is 0 Å². The van der Waals surface area contributed by atoms with Crippen LogP contribution in [0.1, 0.15) is 12.5 Å². The molecule has 1 aromatic rings. The Morgan fingerprint density at radius 3 is 2.93 bits per heavy atom. The summed E-state index contributed by atoms with van der Waals surface area (Å²) in [6, 6.07) is 5.93. The number of ether oxygens (including phenoxy) is 1.